The van der Waals surface area contributed by atoms with Gasteiger partial charge < -0.3 is 130 Å². The Labute approximate surface area is 359 Å². The van der Waals surface area contributed by atoms with Crippen LogP contribution >= 0.6 is 0 Å². The first-order valence-electron chi connectivity index (χ1n) is 19.6. The first kappa shape index (κ1) is 52.0. The Bertz CT molecular complexity index is 1600. The average molecular weight is 939 g/mol. The van der Waals surface area contributed by atoms with Crippen LogP contribution in [0.4, 0.5) is 0 Å². The van der Waals surface area contributed by atoms with Gasteiger partial charge in [0.25, 0.3) is 0 Å². The van der Waals surface area contributed by atoms with Crippen molar-refractivity contribution in [1.82, 2.24) is 10.6 Å². The fourth-order valence-electron chi connectivity index (χ4n) is 7.74. The number of aliphatic carboxylic acids is 2. The largest absolute Gasteiger partial charge is 0.479 e. The second-order valence-electron chi connectivity index (χ2n) is 15.5. The number of rotatable bonds is 15. The number of aliphatic hydroxyl groups is 13. The molecule has 0 aromatic carbocycles. The van der Waals surface area contributed by atoms with Crippen molar-refractivity contribution in [3.63, 3.8) is 0 Å². The topological polar surface area (TPSA) is 479 Å². The van der Waals surface area contributed by atoms with Gasteiger partial charge in [-0.15, -0.1) is 0 Å². The van der Waals surface area contributed by atoms with Crippen molar-refractivity contribution in [2.24, 2.45) is 0 Å². The standard InChI is InChI=1S/C34H54N2O28/c1-6(40)35-11-16(45)13(42)9(4-38)57-31(11)59-22-19(48)20(49)33(63-26(22)28(51)52)62-25-21(50)23(60-32-12(36-7(2)41)17(46)14(43)10(5-39)58-32)27(29(53)54)64-34(25)61-24-18(47)15(44)8(3-37)56-30(24)55/h8-27,30-34,37-39,42-50,55H,3-5H2,1-2H3,(H,35,40)(H,36,41)(H,51,52)(H,53,54)/t8-,9-,10-,11-,12-,13-,14-,15+,16-,17-,18+,19-,20-,21+,22+,23+,24-,25-,26+,27+,30+,31-,32-,33+,34+/m1/s1. The van der Waals surface area contributed by atoms with Crippen LogP contribution in [0.15, 0.2) is 0 Å². The summed E-state index contributed by atoms with van der Waals surface area (Å²) in [6, 6.07) is -3.44. The summed E-state index contributed by atoms with van der Waals surface area (Å²) in [6.45, 7) is -0.880. The lowest BCUT2D eigenvalue weighted by Gasteiger charge is -2.50. The average Bonchev–Trinajstić information content (AvgIpc) is 3.23. The van der Waals surface area contributed by atoms with Crippen LogP contribution < -0.4 is 10.6 Å². The van der Waals surface area contributed by atoms with Gasteiger partial charge in [0.05, 0.1) is 19.8 Å². The van der Waals surface area contributed by atoms with Crippen molar-refractivity contribution in [1.29, 1.82) is 0 Å². The summed E-state index contributed by atoms with van der Waals surface area (Å²) in [5, 5.41) is 163. The van der Waals surface area contributed by atoms with Crippen molar-refractivity contribution < 1.29 is 138 Å². The number of carboxylic acid groups (broad SMARTS) is 2. The Morgan fingerprint density at radius 1 is 0.422 bits per heavy atom. The highest BCUT2D eigenvalue weighted by Gasteiger charge is 2.59. The van der Waals surface area contributed by atoms with E-state index in [2.05, 4.69) is 10.6 Å². The molecule has 0 radical (unpaired) electrons. The number of carboxylic acids is 2. The molecule has 0 unspecified atom stereocenters. The molecule has 0 aliphatic carbocycles. The third-order valence-corrected chi connectivity index (χ3v) is 11.1. The molecular formula is C34H54N2O28. The molecule has 17 N–H and O–H groups in total. The van der Waals surface area contributed by atoms with E-state index in [0.717, 1.165) is 13.8 Å². The summed E-state index contributed by atoms with van der Waals surface area (Å²) < 4.78 is 49.7. The Hall–Kier alpha value is -3.00. The van der Waals surface area contributed by atoms with Gasteiger partial charge in [-0.2, -0.15) is 0 Å². The lowest BCUT2D eigenvalue weighted by atomic mass is 9.94. The highest BCUT2D eigenvalue weighted by molar-refractivity contribution is 5.74. The maximum atomic E-state index is 12.7. The number of aliphatic hydroxyl groups excluding tert-OH is 13. The van der Waals surface area contributed by atoms with Gasteiger partial charge in [-0.1, -0.05) is 0 Å². The van der Waals surface area contributed by atoms with Gasteiger partial charge >= 0.3 is 11.9 Å². The van der Waals surface area contributed by atoms with Crippen LogP contribution in [0.25, 0.3) is 0 Å². The lowest BCUT2D eigenvalue weighted by molar-refractivity contribution is -0.399. The van der Waals surface area contributed by atoms with Crippen LogP contribution in [0.1, 0.15) is 13.8 Å². The van der Waals surface area contributed by atoms with E-state index >= 15 is 0 Å². The molecule has 2 amide bonds. The lowest BCUT2D eigenvalue weighted by Crippen LogP contribution is -2.70. The van der Waals surface area contributed by atoms with Gasteiger partial charge in [-0.25, -0.2) is 9.59 Å². The number of hydrogen-bond donors (Lipinski definition) is 17. The molecule has 5 rings (SSSR count). The maximum Gasteiger partial charge on any atom is 0.335 e. The van der Waals surface area contributed by atoms with Gasteiger partial charge in [-0.05, 0) is 0 Å². The Morgan fingerprint density at radius 2 is 0.781 bits per heavy atom. The molecule has 5 fully saturated rings. The predicted octanol–water partition coefficient (Wildman–Crippen LogP) is -11.5. The van der Waals surface area contributed by atoms with Crippen LogP contribution in [0.5, 0.6) is 0 Å². The van der Waals surface area contributed by atoms with E-state index in [9.17, 15) is 95.8 Å². The summed E-state index contributed by atoms with van der Waals surface area (Å²) in [7, 11) is 0. The number of nitrogens with one attached hydrogen (secondary N) is 2. The molecule has 0 bridgehead atoms. The Kier molecular flexibility index (Phi) is 17.7. The molecule has 30 nitrogen and oxygen atoms in total. The van der Waals surface area contributed by atoms with E-state index in [0.29, 0.717) is 0 Å². The smallest absolute Gasteiger partial charge is 0.335 e. The molecule has 5 saturated heterocycles. The van der Waals surface area contributed by atoms with E-state index in [4.69, 9.17) is 42.6 Å². The number of ether oxygens (including phenoxy) is 9. The first-order chi connectivity index (χ1) is 30.1. The molecule has 5 aliphatic heterocycles. The molecule has 64 heavy (non-hydrogen) atoms. The summed E-state index contributed by atoms with van der Waals surface area (Å²) >= 11 is 0. The van der Waals surface area contributed by atoms with Crippen molar-refractivity contribution in [3.05, 3.63) is 0 Å². The number of carbonyl (C=O) groups is 4. The fraction of sp³-hybridized carbons (Fsp3) is 0.882. The molecule has 30 heteroatoms. The van der Waals surface area contributed by atoms with Crippen molar-refractivity contribution in [3.8, 4) is 0 Å². The fourth-order valence-corrected chi connectivity index (χ4v) is 7.74. The normalized spacial score (nSPS) is 47.6. The van der Waals surface area contributed by atoms with Gasteiger partial charge in [0.2, 0.25) is 11.8 Å². The van der Waals surface area contributed by atoms with E-state index in [1.165, 1.54) is 0 Å². The van der Waals surface area contributed by atoms with E-state index < -0.39 is 197 Å². The molecule has 0 aromatic rings. The van der Waals surface area contributed by atoms with Crippen LogP contribution in [-0.2, 0) is 61.8 Å². The number of hydrogen-bond acceptors (Lipinski definition) is 26. The summed E-state index contributed by atoms with van der Waals surface area (Å²) in [5.74, 6) is -5.57. The highest BCUT2D eigenvalue weighted by atomic mass is 16.8. The second kappa shape index (κ2) is 21.7. The molecule has 5 heterocycles. The second-order valence-corrected chi connectivity index (χ2v) is 15.5. The maximum absolute atomic E-state index is 12.7. The molecule has 5 aliphatic rings. The summed E-state index contributed by atoms with van der Waals surface area (Å²) in [4.78, 5) is 49.4. The van der Waals surface area contributed by atoms with E-state index in [-0.39, 0.29) is 0 Å². The van der Waals surface area contributed by atoms with E-state index in [1.807, 2.05) is 0 Å². The number of amides is 2. The number of carbonyl (C=O) groups excluding carboxylic acids is 2. The van der Waals surface area contributed by atoms with Crippen molar-refractivity contribution in [2.45, 2.75) is 167 Å². The van der Waals surface area contributed by atoms with Crippen LogP contribution in [0.3, 0.4) is 0 Å². The minimum Gasteiger partial charge on any atom is -0.479 e. The predicted molar refractivity (Wildman–Crippen MR) is 191 cm³/mol. The van der Waals surface area contributed by atoms with Gasteiger partial charge in [0.15, 0.2) is 43.7 Å². The Morgan fingerprint density at radius 3 is 1.20 bits per heavy atom. The SMILES string of the molecule is CC(=O)N[C@H]1[C@@H](O[C@H]2[C@H](O)[C@@H](O)[C@@H](O[C@H]3[C@@H](O[C@@H]4[C@@H](O)[C@@H](O)[C@@H](CO)O[C@@H]4O)O[C@H](C(=O)O)[C@@H](O[C@H]4O[C@H](CO)[C@@H](O)[C@H](O)[C@H]4NC(C)=O)[C@@H]3O)O[C@@H]2C(=O)O)O[C@H](CO)[C@@H](O)[C@@H]1O. The quantitative estimate of drug-likeness (QED) is 0.0725. The molecule has 0 aromatic heterocycles. The zero-order valence-corrected chi connectivity index (χ0v) is 33.6. The van der Waals surface area contributed by atoms with E-state index in [1.54, 1.807) is 0 Å². The highest BCUT2D eigenvalue weighted by Crippen LogP contribution is 2.37. The molecule has 25 atom stereocenters. The third kappa shape index (κ3) is 10.9. The summed E-state index contributed by atoms with van der Waals surface area (Å²) in [6.07, 6.45) is -49.0. The zero-order valence-electron chi connectivity index (χ0n) is 33.6. The molecule has 0 spiro atoms. The van der Waals surface area contributed by atoms with Crippen LogP contribution in [-0.4, -0.2) is 274 Å². The molecule has 0 saturated carbocycles. The van der Waals surface area contributed by atoms with Gasteiger partial charge in [-0.3, -0.25) is 9.59 Å². The summed E-state index contributed by atoms with van der Waals surface area (Å²) in [5.41, 5.74) is 0. The Balaban J connectivity index is 1.49. The third-order valence-electron chi connectivity index (χ3n) is 11.1. The van der Waals surface area contributed by atoms with Crippen molar-refractivity contribution >= 4 is 23.8 Å². The van der Waals surface area contributed by atoms with Crippen molar-refractivity contribution in [2.75, 3.05) is 19.8 Å². The monoisotopic (exact) mass is 938 g/mol. The molecular weight excluding hydrogens is 884 g/mol. The van der Waals surface area contributed by atoms with Gasteiger partial charge in [0, 0.05) is 13.8 Å². The van der Waals surface area contributed by atoms with Crippen LogP contribution in [0, 0.1) is 0 Å². The molecule has 368 valence electrons. The minimum absolute atomic E-state index is 0.817. The minimum atomic E-state index is -2.52. The first-order valence-corrected chi connectivity index (χ1v) is 19.6. The van der Waals surface area contributed by atoms with Gasteiger partial charge in [0.1, 0.15) is 110 Å². The van der Waals surface area contributed by atoms with Crippen LogP contribution in [0.2, 0.25) is 0 Å². The zero-order chi connectivity index (χ0) is 47.6.